The van der Waals surface area contributed by atoms with E-state index in [1.165, 1.54) is 26.9 Å². The summed E-state index contributed by atoms with van der Waals surface area (Å²) in [4.78, 5) is 16.5. The van der Waals surface area contributed by atoms with Crippen molar-refractivity contribution in [1.82, 2.24) is 9.21 Å². The van der Waals surface area contributed by atoms with Crippen LogP contribution in [0.15, 0.2) is 34.5 Å². The third kappa shape index (κ3) is 3.38. The molecule has 4 rings (SSSR count). The summed E-state index contributed by atoms with van der Waals surface area (Å²) in [5, 5.41) is 2.24. The number of hydrogen-bond donors (Lipinski definition) is 0. The lowest BCUT2D eigenvalue weighted by Gasteiger charge is -2.35. The number of thiophene rings is 1. The molecule has 1 atom stereocenters. The van der Waals surface area contributed by atoms with Gasteiger partial charge < -0.3 is 4.90 Å². The van der Waals surface area contributed by atoms with E-state index in [2.05, 4.69) is 18.4 Å². The number of benzene rings is 1. The largest absolute Gasteiger partial charge is 0.331 e. The molecule has 2 aliphatic rings. The van der Waals surface area contributed by atoms with Crippen LogP contribution in [0.2, 0.25) is 5.02 Å². The fourth-order valence-electron chi connectivity index (χ4n) is 4.15. The average molecular weight is 439 g/mol. The predicted molar refractivity (Wildman–Crippen MR) is 112 cm³/mol. The van der Waals surface area contributed by atoms with Gasteiger partial charge in [-0.3, -0.25) is 4.79 Å². The summed E-state index contributed by atoms with van der Waals surface area (Å²) in [5.74, 6) is -0.141. The van der Waals surface area contributed by atoms with Crippen LogP contribution in [0.1, 0.15) is 53.0 Å². The Balaban J connectivity index is 1.67. The Morgan fingerprint density at radius 2 is 1.96 bits per heavy atom. The van der Waals surface area contributed by atoms with E-state index in [1.807, 2.05) is 4.90 Å². The number of fused-ring (bicyclic) bond motifs is 1. The SMILES string of the molecule is CC[C@@H]1c2ccsc2CCN1C(=O)c1ccc(Cl)c(S(=O)(=O)N2CCCC2)c1. The van der Waals surface area contributed by atoms with E-state index in [1.54, 1.807) is 17.4 Å². The Kier molecular flexibility index (Phi) is 5.53. The van der Waals surface area contributed by atoms with Gasteiger partial charge in [-0.05, 0) is 60.9 Å². The first-order chi connectivity index (χ1) is 13.4. The third-order valence-corrected chi connectivity index (χ3v) is 8.98. The molecule has 1 aromatic heterocycles. The number of nitrogens with zero attached hydrogens (tertiary/aromatic N) is 2. The highest BCUT2D eigenvalue weighted by Gasteiger charge is 2.33. The molecule has 0 aliphatic carbocycles. The molecule has 0 radical (unpaired) electrons. The van der Waals surface area contributed by atoms with Gasteiger partial charge in [-0.2, -0.15) is 4.31 Å². The summed E-state index contributed by atoms with van der Waals surface area (Å²) in [7, 11) is -3.68. The number of carbonyl (C=O) groups excluding carboxylic acids is 1. The third-order valence-electron chi connectivity index (χ3n) is 5.60. The zero-order valence-corrected chi connectivity index (χ0v) is 18.1. The lowest BCUT2D eigenvalue weighted by atomic mass is 9.97. The molecule has 5 nitrogen and oxygen atoms in total. The summed E-state index contributed by atoms with van der Waals surface area (Å²) in [6.45, 7) is 3.72. The second kappa shape index (κ2) is 7.78. The molecule has 2 aromatic rings. The molecule has 1 aromatic carbocycles. The number of rotatable bonds is 4. The van der Waals surface area contributed by atoms with E-state index in [-0.39, 0.29) is 21.9 Å². The summed E-state index contributed by atoms with van der Waals surface area (Å²) in [6, 6.07) is 6.73. The van der Waals surface area contributed by atoms with Crippen LogP contribution in [0.3, 0.4) is 0 Å². The van der Waals surface area contributed by atoms with Gasteiger partial charge in [0.25, 0.3) is 5.91 Å². The second-order valence-corrected chi connectivity index (χ2v) is 10.5. The van der Waals surface area contributed by atoms with Crippen LogP contribution in [-0.2, 0) is 16.4 Å². The Morgan fingerprint density at radius 3 is 2.68 bits per heavy atom. The maximum absolute atomic E-state index is 13.3. The number of sulfonamides is 1. The zero-order valence-electron chi connectivity index (χ0n) is 15.7. The minimum absolute atomic E-state index is 0.0248. The molecular formula is C20H23ClN2O3S2. The van der Waals surface area contributed by atoms with E-state index < -0.39 is 10.0 Å². The molecule has 8 heteroatoms. The quantitative estimate of drug-likeness (QED) is 0.713. The van der Waals surface area contributed by atoms with Crippen LogP contribution < -0.4 is 0 Å². The number of amides is 1. The molecule has 2 aliphatic heterocycles. The van der Waals surface area contributed by atoms with Crippen LogP contribution in [0.4, 0.5) is 0 Å². The van der Waals surface area contributed by atoms with Gasteiger partial charge in [0.2, 0.25) is 10.0 Å². The molecule has 0 bridgehead atoms. The highest BCUT2D eigenvalue weighted by Crippen LogP contribution is 2.36. The Labute approximate surface area is 175 Å². The second-order valence-electron chi connectivity index (χ2n) is 7.23. The molecule has 1 fully saturated rings. The minimum atomic E-state index is -3.68. The van der Waals surface area contributed by atoms with E-state index in [4.69, 9.17) is 11.6 Å². The smallest absolute Gasteiger partial charge is 0.254 e. The molecule has 0 N–H and O–H groups in total. The number of halogens is 1. The average Bonchev–Trinajstić information content (AvgIpc) is 3.38. The van der Waals surface area contributed by atoms with Gasteiger partial charge in [-0.1, -0.05) is 18.5 Å². The van der Waals surface area contributed by atoms with Crippen molar-refractivity contribution in [2.24, 2.45) is 0 Å². The fraction of sp³-hybridized carbons (Fsp3) is 0.450. The molecule has 1 saturated heterocycles. The van der Waals surface area contributed by atoms with Gasteiger partial charge in [-0.25, -0.2) is 8.42 Å². The zero-order chi connectivity index (χ0) is 19.9. The Hall–Kier alpha value is -1.41. The first-order valence-electron chi connectivity index (χ1n) is 9.60. The normalized spacial score (nSPS) is 20.4. The van der Waals surface area contributed by atoms with E-state index >= 15 is 0 Å². The van der Waals surface area contributed by atoms with Gasteiger partial charge >= 0.3 is 0 Å². The molecule has 3 heterocycles. The predicted octanol–water partition coefficient (Wildman–Crippen LogP) is 4.34. The van der Waals surface area contributed by atoms with Crippen LogP contribution in [-0.4, -0.2) is 43.2 Å². The minimum Gasteiger partial charge on any atom is -0.331 e. The summed E-state index contributed by atoms with van der Waals surface area (Å²) >= 11 is 7.96. The van der Waals surface area contributed by atoms with Gasteiger partial charge in [0, 0.05) is 30.1 Å². The van der Waals surface area contributed by atoms with Crippen LogP contribution in [0.5, 0.6) is 0 Å². The molecule has 0 spiro atoms. The van der Waals surface area contributed by atoms with Crippen molar-refractivity contribution < 1.29 is 13.2 Å². The standard InChI is InChI=1S/C20H23ClN2O3S2/c1-2-17-15-8-12-27-18(15)7-11-23(17)20(24)14-5-6-16(21)19(13-14)28(25,26)22-9-3-4-10-22/h5-6,8,12-13,17H,2-4,7,9-11H2,1H3/t17-/m1/s1. The van der Waals surface area contributed by atoms with Crippen molar-refractivity contribution in [2.75, 3.05) is 19.6 Å². The number of carbonyl (C=O) groups is 1. The van der Waals surface area contributed by atoms with E-state index in [9.17, 15) is 13.2 Å². The Morgan fingerprint density at radius 1 is 1.21 bits per heavy atom. The van der Waals surface area contributed by atoms with Crippen LogP contribution >= 0.6 is 22.9 Å². The topological polar surface area (TPSA) is 57.7 Å². The number of hydrogen-bond acceptors (Lipinski definition) is 4. The summed E-state index contributed by atoms with van der Waals surface area (Å²) < 4.78 is 27.4. The maximum atomic E-state index is 13.3. The lowest BCUT2D eigenvalue weighted by molar-refractivity contribution is 0.0657. The van der Waals surface area contributed by atoms with Crippen molar-refractivity contribution in [3.63, 3.8) is 0 Å². The van der Waals surface area contributed by atoms with Gasteiger partial charge in [0.15, 0.2) is 0 Å². The first kappa shape index (κ1) is 19.9. The van der Waals surface area contributed by atoms with E-state index in [0.29, 0.717) is 25.2 Å². The highest BCUT2D eigenvalue weighted by atomic mass is 35.5. The Bertz CT molecular complexity index is 997. The van der Waals surface area contributed by atoms with Crippen molar-refractivity contribution in [1.29, 1.82) is 0 Å². The highest BCUT2D eigenvalue weighted by molar-refractivity contribution is 7.89. The monoisotopic (exact) mass is 438 g/mol. The van der Waals surface area contributed by atoms with Crippen molar-refractivity contribution >= 4 is 38.9 Å². The van der Waals surface area contributed by atoms with Crippen molar-refractivity contribution in [3.8, 4) is 0 Å². The maximum Gasteiger partial charge on any atom is 0.254 e. The summed E-state index contributed by atoms with van der Waals surface area (Å²) in [5.41, 5.74) is 1.59. The summed E-state index contributed by atoms with van der Waals surface area (Å²) in [6.07, 6.45) is 3.36. The van der Waals surface area contributed by atoms with Gasteiger partial charge in [0.1, 0.15) is 4.90 Å². The van der Waals surface area contributed by atoms with Crippen LogP contribution in [0, 0.1) is 0 Å². The molecule has 28 heavy (non-hydrogen) atoms. The molecule has 0 unspecified atom stereocenters. The molecular weight excluding hydrogens is 416 g/mol. The molecule has 150 valence electrons. The van der Waals surface area contributed by atoms with Crippen LogP contribution in [0.25, 0.3) is 0 Å². The fourth-order valence-corrected chi connectivity index (χ4v) is 7.09. The lowest BCUT2D eigenvalue weighted by Crippen LogP contribution is -2.39. The van der Waals surface area contributed by atoms with Crippen molar-refractivity contribution in [2.45, 2.75) is 43.5 Å². The van der Waals surface area contributed by atoms with E-state index in [0.717, 1.165) is 25.7 Å². The first-order valence-corrected chi connectivity index (χ1v) is 12.3. The van der Waals surface area contributed by atoms with Gasteiger partial charge in [-0.15, -0.1) is 11.3 Å². The molecule has 1 amide bonds. The van der Waals surface area contributed by atoms with Gasteiger partial charge in [0.05, 0.1) is 11.1 Å². The van der Waals surface area contributed by atoms with Crippen molar-refractivity contribution in [3.05, 3.63) is 50.7 Å². The molecule has 0 saturated carbocycles.